The number of carbonyl (C=O) groups excluding carboxylic acids is 2. The van der Waals surface area contributed by atoms with E-state index in [0.717, 1.165) is 5.69 Å². The lowest BCUT2D eigenvalue weighted by Gasteiger charge is -2.35. The number of nitrogens with zero attached hydrogens (tertiary/aromatic N) is 5. The molecule has 7 nitrogen and oxygen atoms in total. The van der Waals surface area contributed by atoms with E-state index in [1.165, 1.54) is 12.1 Å². The summed E-state index contributed by atoms with van der Waals surface area (Å²) < 4.78 is 14.1. The molecule has 8 heteroatoms. The van der Waals surface area contributed by atoms with E-state index in [9.17, 15) is 14.0 Å². The van der Waals surface area contributed by atoms with Crippen LogP contribution in [0.25, 0.3) is 11.0 Å². The number of hydrogen-bond donors (Lipinski definition) is 0. The van der Waals surface area contributed by atoms with Gasteiger partial charge in [0.15, 0.2) is 0 Å². The monoisotopic (exact) mass is 407 g/mol. The normalized spacial score (nSPS) is 14.2. The number of aryl methyl sites for hydroxylation is 2. The number of aromatic nitrogens is 3. The first-order valence-corrected chi connectivity index (χ1v) is 9.84. The first-order chi connectivity index (χ1) is 14.4. The lowest BCUT2D eigenvalue weighted by Crippen LogP contribution is -2.51. The molecular formula is C22H22FN5O2. The Hall–Kier alpha value is -3.42. The average Bonchev–Trinajstić information content (AvgIpc) is 2.75. The van der Waals surface area contributed by atoms with Gasteiger partial charge < -0.3 is 9.80 Å². The Morgan fingerprint density at radius 1 is 1.00 bits per heavy atom. The summed E-state index contributed by atoms with van der Waals surface area (Å²) in [6.45, 7) is 5.22. The van der Waals surface area contributed by atoms with Crippen LogP contribution in [0.15, 0.2) is 36.5 Å². The molecule has 0 N–H and O–H groups in total. The minimum Gasteiger partial charge on any atom is -0.339 e. The maximum Gasteiger partial charge on any atom is 0.256 e. The van der Waals surface area contributed by atoms with Crippen LogP contribution >= 0.6 is 0 Å². The molecule has 3 heterocycles. The van der Waals surface area contributed by atoms with Gasteiger partial charge in [0.25, 0.3) is 5.91 Å². The molecule has 1 aliphatic rings. The van der Waals surface area contributed by atoms with Gasteiger partial charge in [0.2, 0.25) is 5.91 Å². The van der Waals surface area contributed by atoms with Gasteiger partial charge >= 0.3 is 0 Å². The van der Waals surface area contributed by atoms with E-state index < -0.39 is 5.82 Å². The molecule has 1 saturated heterocycles. The van der Waals surface area contributed by atoms with E-state index in [4.69, 9.17) is 0 Å². The van der Waals surface area contributed by atoms with Crippen LogP contribution in [0.2, 0.25) is 0 Å². The van der Waals surface area contributed by atoms with Crippen LogP contribution in [-0.2, 0) is 11.2 Å². The fraction of sp³-hybridized carbons (Fsp3) is 0.318. The number of halogens is 1. The van der Waals surface area contributed by atoms with Gasteiger partial charge in [-0.1, -0.05) is 6.07 Å². The van der Waals surface area contributed by atoms with Crippen molar-refractivity contribution in [3.05, 3.63) is 65.0 Å². The Morgan fingerprint density at radius 3 is 2.40 bits per heavy atom. The van der Waals surface area contributed by atoms with Crippen LogP contribution < -0.4 is 0 Å². The molecular weight excluding hydrogens is 385 g/mol. The van der Waals surface area contributed by atoms with Crippen LogP contribution in [0.1, 0.15) is 27.4 Å². The SMILES string of the molecule is Cc1nc2cc(F)cc(C(=O)N3CCN(C(=O)Cc4ccccn4)CC3)c2nc1C. The molecule has 0 aliphatic carbocycles. The number of hydrogen-bond acceptors (Lipinski definition) is 5. The Bertz CT molecular complexity index is 1110. The van der Waals surface area contributed by atoms with Crippen molar-refractivity contribution in [2.45, 2.75) is 20.3 Å². The fourth-order valence-corrected chi connectivity index (χ4v) is 3.56. The molecule has 1 aliphatic heterocycles. The zero-order chi connectivity index (χ0) is 21.3. The van der Waals surface area contributed by atoms with Gasteiger partial charge in [-0.3, -0.25) is 14.6 Å². The topological polar surface area (TPSA) is 79.3 Å². The third kappa shape index (κ3) is 3.98. The highest BCUT2D eigenvalue weighted by molar-refractivity contribution is 6.04. The predicted molar refractivity (Wildman–Crippen MR) is 109 cm³/mol. The Labute approximate surface area is 173 Å². The summed E-state index contributed by atoms with van der Waals surface area (Å²) in [5.74, 6) is -0.838. The van der Waals surface area contributed by atoms with E-state index in [2.05, 4.69) is 15.0 Å². The highest BCUT2D eigenvalue weighted by Crippen LogP contribution is 2.21. The lowest BCUT2D eigenvalue weighted by atomic mass is 10.1. The van der Waals surface area contributed by atoms with Crippen molar-refractivity contribution in [2.24, 2.45) is 0 Å². The van der Waals surface area contributed by atoms with Crippen molar-refractivity contribution in [3.63, 3.8) is 0 Å². The zero-order valence-corrected chi connectivity index (χ0v) is 16.9. The van der Waals surface area contributed by atoms with Gasteiger partial charge in [-0.05, 0) is 32.0 Å². The molecule has 0 atom stereocenters. The zero-order valence-electron chi connectivity index (χ0n) is 16.9. The highest BCUT2D eigenvalue weighted by atomic mass is 19.1. The molecule has 0 spiro atoms. The molecule has 4 rings (SSSR count). The molecule has 30 heavy (non-hydrogen) atoms. The maximum absolute atomic E-state index is 14.1. The Kier molecular flexibility index (Phi) is 5.39. The van der Waals surface area contributed by atoms with Gasteiger partial charge in [0.05, 0.1) is 28.9 Å². The number of pyridine rings is 1. The second-order valence-electron chi connectivity index (χ2n) is 7.39. The number of carbonyl (C=O) groups is 2. The summed E-state index contributed by atoms with van der Waals surface area (Å²) in [7, 11) is 0. The van der Waals surface area contributed by atoms with E-state index >= 15 is 0 Å². The molecule has 2 aromatic heterocycles. The summed E-state index contributed by atoms with van der Waals surface area (Å²) >= 11 is 0. The minimum atomic E-state index is -0.521. The van der Waals surface area contributed by atoms with Crippen LogP contribution in [-0.4, -0.2) is 62.7 Å². The largest absolute Gasteiger partial charge is 0.339 e. The fourth-order valence-electron chi connectivity index (χ4n) is 3.56. The third-order valence-electron chi connectivity index (χ3n) is 5.35. The smallest absolute Gasteiger partial charge is 0.256 e. The van der Waals surface area contributed by atoms with E-state index in [-0.39, 0.29) is 23.8 Å². The second kappa shape index (κ2) is 8.14. The lowest BCUT2D eigenvalue weighted by molar-refractivity contribution is -0.132. The van der Waals surface area contributed by atoms with Crippen LogP contribution in [0.3, 0.4) is 0 Å². The number of rotatable bonds is 3. The molecule has 1 aromatic carbocycles. The van der Waals surface area contributed by atoms with Crippen molar-refractivity contribution >= 4 is 22.8 Å². The molecule has 0 unspecified atom stereocenters. The van der Waals surface area contributed by atoms with Crippen molar-refractivity contribution < 1.29 is 14.0 Å². The summed E-state index contributed by atoms with van der Waals surface area (Å²) in [4.78, 5) is 42.0. The van der Waals surface area contributed by atoms with Crippen LogP contribution in [0.4, 0.5) is 4.39 Å². The molecule has 0 bridgehead atoms. The number of benzene rings is 1. The van der Waals surface area contributed by atoms with Crippen molar-refractivity contribution in [1.29, 1.82) is 0 Å². The molecule has 3 aromatic rings. The Morgan fingerprint density at radius 2 is 1.70 bits per heavy atom. The van der Waals surface area contributed by atoms with E-state index in [1.807, 2.05) is 25.1 Å². The van der Waals surface area contributed by atoms with Crippen LogP contribution in [0, 0.1) is 19.7 Å². The summed E-state index contributed by atoms with van der Waals surface area (Å²) in [5.41, 5.74) is 3.09. The van der Waals surface area contributed by atoms with Crippen molar-refractivity contribution in [2.75, 3.05) is 26.2 Å². The standard InChI is InChI=1S/C22H22FN5O2/c1-14-15(2)26-21-18(11-16(23)12-19(21)25-14)22(30)28-9-7-27(8-10-28)20(29)13-17-5-3-4-6-24-17/h3-6,11-12H,7-10,13H2,1-2H3. The first-order valence-electron chi connectivity index (χ1n) is 9.84. The molecule has 1 fully saturated rings. The second-order valence-corrected chi connectivity index (χ2v) is 7.39. The van der Waals surface area contributed by atoms with Crippen molar-refractivity contribution in [3.8, 4) is 0 Å². The van der Waals surface area contributed by atoms with Gasteiger partial charge in [0.1, 0.15) is 11.3 Å². The minimum absolute atomic E-state index is 0.0195. The average molecular weight is 407 g/mol. The third-order valence-corrected chi connectivity index (χ3v) is 5.35. The first kappa shape index (κ1) is 19.9. The number of amides is 2. The van der Waals surface area contributed by atoms with Gasteiger partial charge in [0, 0.05) is 44.1 Å². The Balaban J connectivity index is 1.48. The summed E-state index contributed by atoms with van der Waals surface area (Å²) in [6.07, 6.45) is 1.90. The summed E-state index contributed by atoms with van der Waals surface area (Å²) in [5, 5.41) is 0. The van der Waals surface area contributed by atoms with Gasteiger partial charge in [-0.15, -0.1) is 0 Å². The van der Waals surface area contributed by atoms with Crippen LogP contribution in [0.5, 0.6) is 0 Å². The number of piperazine rings is 1. The highest BCUT2D eigenvalue weighted by Gasteiger charge is 2.27. The van der Waals surface area contributed by atoms with Crippen molar-refractivity contribution in [1.82, 2.24) is 24.8 Å². The quantitative estimate of drug-likeness (QED) is 0.666. The summed E-state index contributed by atoms with van der Waals surface area (Å²) in [6, 6.07) is 7.98. The van der Waals surface area contributed by atoms with E-state index in [0.29, 0.717) is 48.6 Å². The predicted octanol–water partition coefficient (Wildman–Crippen LogP) is 2.31. The molecule has 0 saturated carbocycles. The van der Waals surface area contributed by atoms with Gasteiger partial charge in [-0.25, -0.2) is 14.4 Å². The molecule has 2 amide bonds. The van der Waals surface area contributed by atoms with E-state index in [1.54, 1.807) is 22.9 Å². The van der Waals surface area contributed by atoms with Gasteiger partial charge in [-0.2, -0.15) is 0 Å². The maximum atomic E-state index is 14.1. The molecule has 154 valence electrons. The number of fused-ring (bicyclic) bond motifs is 1. The molecule has 0 radical (unpaired) electrons.